The summed E-state index contributed by atoms with van der Waals surface area (Å²) in [5.41, 5.74) is 0.590. The van der Waals surface area contributed by atoms with Gasteiger partial charge in [0, 0.05) is 5.69 Å². The summed E-state index contributed by atoms with van der Waals surface area (Å²) in [5.74, 6) is -1.13. The van der Waals surface area contributed by atoms with Crippen LogP contribution in [0.15, 0.2) is 24.3 Å². The highest BCUT2D eigenvalue weighted by Gasteiger charge is 2.41. The van der Waals surface area contributed by atoms with E-state index in [4.69, 9.17) is 0 Å². The molecule has 1 aromatic rings. The van der Waals surface area contributed by atoms with Gasteiger partial charge in [-0.05, 0) is 30.5 Å². The van der Waals surface area contributed by atoms with Gasteiger partial charge in [0.2, 0.25) is 11.8 Å². The zero-order valence-corrected chi connectivity index (χ0v) is 12.9. The topological polar surface area (TPSA) is 86.7 Å². The molecule has 0 radical (unpaired) electrons. The van der Waals surface area contributed by atoms with E-state index in [1.165, 1.54) is 4.90 Å². The number of piperazine rings is 1. The van der Waals surface area contributed by atoms with Crippen LogP contribution in [0.1, 0.15) is 37.7 Å². The first kappa shape index (κ1) is 15.5. The van der Waals surface area contributed by atoms with E-state index in [2.05, 4.69) is 5.32 Å². The SMILES string of the molecule is O=C1CN(c2ccc(C3(C(=O)O)CCCCC3)cc2)C(=O)CN1. The molecular weight excluding hydrogens is 296 g/mol. The second-order valence-electron chi connectivity index (χ2n) is 6.25. The third-order valence-electron chi connectivity index (χ3n) is 4.89. The van der Waals surface area contributed by atoms with Crippen LogP contribution in [0.3, 0.4) is 0 Å². The van der Waals surface area contributed by atoms with Crippen molar-refractivity contribution in [1.82, 2.24) is 5.32 Å². The van der Waals surface area contributed by atoms with Gasteiger partial charge in [0.1, 0.15) is 6.54 Å². The Bertz CT molecular complexity index is 632. The molecule has 0 aromatic heterocycles. The van der Waals surface area contributed by atoms with E-state index < -0.39 is 11.4 Å². The third kappa shape index (κ3) is 2.81. The fraction of sp³-hybridized carbons (Fsp3) is 0.471. The van der Waals surface area contributed by atoms with Crippen LogP contribution in [0.5, 0.6) is 0 Å². The van der Waals surface area contributed by atoms with Crippen molar-refractivity contribution in [2.75, 3.05) is 18.0 Å². The molecule has 2 N–H and O–H groups in total. The molecule has 0 spiro atoms. The summed E-state index contributed by atoms with van der Waals surface area (Å²) in [4.78, 5) is 36.6. The van der Waals surface area contributed by atoms with Crippen molar-refractivity contribution < 1.29 is 19.5 Å². The molecule has 1 saturated carbocycles. The van der Waals surface area contributed by atoms with E-state index in [1.807, 2.05) is 0 Å². The van der Waals surface area contributed by atoms with Crippen LogP contribution in [-0.2, 0) is 19.8 Å². The lowest BCUT2D eigenvalue weighted by molar-refractivity contribution is -0.145. The van der Waals surface area contributed by atoms with Gasteiger partial charge in [0.05, 0.1) is 12.0 Å². The lowest BCUT2D eigenvalue weighted by Gasteiger charge is -2.34. The largest absolute Gasteiger partial charge is 0.481 e. The zero-order valence-electron chi connectivity index (χ0n) is 12.9. The average molecular weight is 316 g/mol. The highest BCUT2D eigenvalue weighted by Crippen LogP contribution is 2.40. The molecule has 1 saturated heterocycles. The van der Waals surface area contributed by atoms with Crippen LogP contribution in [0.25, 0.3) is 0 Å². The molecule has 23 heavy (non-hydrogen) atoms. The zero-order chi connectivity index (χ0) is 16.4. The molecule has 6 nitrogen and oxygen atoms in total. The molecule has 6 heteroatoms. The Morgan fingerprint density at radius 2 is 1.74 bits per heavy atom. The second-order valence-corrected chi connectivity index (χ2v) is 6.25. The number of aliphatic carboxylic acids is 1. The van der Waals surface area contributed by atoms with Crippen molar-refractivity contribution >= 4 is 23.5 Å². The number of nitrogens with one attached hydrogen (secondary N) is 1. The Hall–Kier alpha value is -2.37. The van der Waals surface area contributed by atoms with Gasteiger partial charge in [0.25, 0.3) is 0 Å². The van der Waals surface area contributed by atoms with Gasteiger partial charge >= 0.3 is 5.97 Å². The summed E-state index contributed by atoms with van der Waals surface area (Å²) in [7, 11) is 0. The number of carboxylic acid groups (broad SMARTS) is 1. The van der Waals surface area contributed by atoms with E-state index >= 15 is 0 Å². The maximum Gasteiger partial charge on any atom is 0.314 e. The number of rotatable bonds is 3. The van der Waals surface area contributed by atoms with Crippen molar-refractivity contribution in [1.29, 1.82) is 0 Å². The van der Waals surface area contributed by atoms with Gasteiger partial charge in [-0.25, -0.2) is 0 Å². The number of carboxylic acids is 1. The Balaban J connectivity index is 1.87. The Kier molecular flexibility index (Phi) is 4.07. The first-order chi connectivity index (χ1) is 11.0. The van der Waals surface area contributed by atoms with E-state index in [0.717, 1.165) is 24.8 Å². The standard InChI is InChI=1S/C17H20N2O4/c20-14-11-19(15(21)10-18-14)13-6-4-12(5-7-13)17(16(22)23)8-2-1-3-9-17/h4-7H,1-3,8-11H2,(H,18,20)(H,22,23). The Morgan fingerprint density at radius 3 is 2.35 bits per heavy atom. The van der Waals surface area contributed by atoms with Gasteiger partial charge in [-0.2, -0.15) is 0 Å². The first-order valence-corrected chi connectivity index (χ1v) is 7.94. The van der Waals surface area contributed by atoms with Gasteiger partial charge in [0.15, 0.2) is 0 Å². The third-order valence-corrected chi connectivity index (χ3v) is 4.89. The van der Waals surface area contributed by atoms with Gasteiger partial charge in [-0.15, -0.1) is 0 Å². The van der Waals surface area contributed by atoms with Gasteiger partial charge in [-0.1, -0.05) is 31.4 Å². The number of hydrogen-bond acceptors (Lipinski definition) is 3. The molecule has 3 rings (SSSR count). The van der Waals surface area contributed by atoms with Crippen molar-refractivity contribution in [3.8, 4) is 0 Å². The summed E-state index contributed by atoms with van der Waals surface area (Å²) in [5, 5.41) is 12.2. The normalized spacial score (nSPS) is 21.0. The highest BCUT2D eigenvalue weighted by atomic mass is 16.4. The quantitative estimate of drug-likeness (QED) is 0.883. The van der Waals surface area contributed by atoms with Gasteiger partial charge in [-0.3, -0.25) is 14.4 Å². The van der Waals surface area contributed by atoms with Crippen LogP contribution >= 0.6 is 0 Å². The van der Waals surface area contributed by atoms with Crippen molar-refractivity contribution in [2.45, 2.75) is 37.5 Å². The Morgan fingerprint density at radius 1 is 1.09 bits per heavy atom. The van der Waals surface area contributed by atoms with Crippen LogP contribution in [-0.4, -0.2) is 36.0 Å². The first-order valence-electron chi connectivity index (χ1n) is 7.94. The summed E-state index contributed by atoms with van der Waals surface area (Å²) >= 11 is 0. The maximum atomic E-state index is 11.9. The number of benzene rings is 1. The molecule has 1 heterocycles. The van der Waals surface area contributed by atoms with E-state index in [0.29, 0.717) is 18.5 Å². The molecular formula is C17H20N2O4. The molecule has 1 aliphatic heterocycles. The number of carbonyl (C=O) groups is 3. The molecule has 1 aliphatic carbocycles. The second kappa shape index (κ2) is 6.02. The van der Waals surface area contributed by atoms with Gasteiger partial charge < -0.3 is 15.3 Å². The molecule has 0 atom stereocenters. The summed E-state index contributed by atoms with van der Waals surface area (Å²) in [6.45, 7) is 0.00189. The minimum Gasteiger partial charge on any atom is -0.481 e. The predicted octanol–water partition coefficient (Wildman–Crippen LogP) is 1.44. The summed E-state index contributed by atoms with van der Waals surface area (Å²) < 4.78 is 0. The van der Waals surface area contributed by atoms with Crippen LogP contribution in [0.4, 0.5) is 5.69 Å². The number of carbonyl (C=O) groups excluding carboxylic acids is 2. The molecule has 122 valence electrons. The lowest BCUT2D eigenvalue weighted by atomic mass is 9.69. The molecule has 2 fully saturated rings. The molecule has 2 amide bonds. The van der Waals surface area contributed by atoms with Crippen LogP contribution in [0.2, 0.25) is 0 Å². The van der Waals surface area contributed by atoms with Crippen molar-refractivity contribution in [3.05, 3.63) is 29.8 Å². The summed E-state index contributed by atoms with van der Waals surface area (Å²) in [6.07, 6.45) is 4.20. The minimum atomic E-state index is -0.819. The monoisotopic (exact) mass is 316 g/mol. The van der Waals surface area contributed by atoms with E-state index in [1.54, 1.807) is 24.3 Å². The smallest absolute Gasteiger partial charge is 0.314 e. The number of hydrogen-bond donors (Lipinski definition) is 2. The fourth-order valence-electron chi connectivity index (χ4n) is 3.53. The number of anilines is 1. The molecule has 1 aromatic carbocycles. The number of amides is 2. The van der Waals surface area contributed by atoms with Crippen molar-refractivity contribution in [3.63, 3.8) is 0 Å². The fourth-order valence-corrected chi connectivity index (χ4v) is 3.53. The summed E-state index contributed by atoms with van der Waals surface area (Å²) in [6, 6.07) is 7.05. The average Bonchev–Trinajstić information content (AvgIpc) is 2.58. The molecule has 0 unspecified atom stereocenters. The van der Waals surface area contributed by atoms with Crippen molar-refractivity contribution in [2.24, 2.45) is 0 Å². The molecule has 0 bridgehead atoms. The molecule has 2 aliphatic rings. The van der Waals surface area contributed by atoms with Crippen LogP contribution in [0, 0.1) is 0 Å². The minimum absolute atomic E-state index is 0.000349. The Labute approximate surface area is 134 Å². The van der Waals surface area contributed by atoms with E-state index in [-0.39, 0.29) is 24.9 Å². The highest BCUT2D eigenvalue weighted by molar-refractivity contribution is 6.04. The van der Waals surface area contributed by atoms with E-state index in [9.17, 15) is 19.5 Å². The van der Waals surface area contributed by atoms with Crippen LogP contribution < -0.4 is 10.2 Å². The lowest BCUT2D eigenvalue weighted by Crippen LogP contribution is -2.51. The predicted molar refractivity (Wildman–Crippen MR) is 84.2 cm³/mol. The maximum absolute atomic E-state index is 11.9. The number of nitrogens with zero attached hydrogens (tertiary/aromatic N) is 1.